The van der Waals surface area contributed by atoms with Crippen LogP contribution in [0.4, 0.5) is 0 Å². The van der Waals surface area contributed by atoms with Crippen LogP contribution in [0.2, 0.25) is 0 Å². The number of rotatable bonds is 6. The molecule has 70 valence electrons. The van der Waals surface area contributed by atoms with Crippen molar-refractivity contribution in [1.29, 1.82) is 0 Å². The fourth-order valence-corrected chi connectivity index (χ4v) is 0.844. The Hall–Kier alpha value is -0.600. The van der Waals surface area contributed by atoms with E-state index in [1.165, 1.54) is 0 Å². The minimum absolute atomic E-state index is 0.00468. The third-order valence-electron chi connectivity index (χ3n) is 1.89. The average Bonchev–Trinajstić information content (AvgIpc) is 2.01. The molecule has 0 aliphatic heterocycles. The molecule has 1 unspecified atom stereocenters. The van der Waals surface area contributed by atoms with Crippen LogP contribution in [0.3, 0.4) is 0 Å². The standard InChI is InChI=1S/C10H19NO/c1-5-7-9(11)10(3,4)12-8-6-2/h5-6,9H,1-2,7-8,11H2,3-4H3. The van der Waals surface area contributed by atoms with Crippen molar-refractivity contribution in [1.82, 2.24) is 0 Å². The molecule has 0 heterocycles. The van der Waals surface area contributed by atoms with Gasteiger partial charge in [-0.2, -0.15) is 0 Å². The van der Waals surface area contributed by atoms with Crippen molar-refractivity contribution in [2.75, 3.05) is 6.61 Å². The molecule has 0 amide bonds. The van der Waals surface area contributed by atoms with Crippen LogP contribution >= 0.6 is 0 Å². The van der Waals surface area contributed by atoms with Crippen LogP contribution in [0.5, 0.6) is 0 Å². The summed E-state index contributed by atoms with van der Waals surface area (Å²) in [5.74, 6) is 0. The number of hydrogen-bond acceptors (Lipinski definition) is 2. The molecule has 0 bridgehead atoms. The molecule has 2 heteroatoms. The van der Waals surface area contributed by atoms with Gasteiger partial charge in [0.1, 0.15) is 0 Å². The van der Waals surface area contributed by atoms with Crippen LogP contribution in [0.25, 0.3) is 0 Å². The van der Waals surface area contributed by atoms with E-state index in [1.807, 2.05) is 19.9 Å². The van der Waals surface area contributed by atoms with E-state index in [4.69, 9.17) is 10.5 Å². The van der Waals surface area contributed by atoms with Gasteiger partial charge in [-0.1, -0.05) is 12.2 Å². The topological polar surface area (TPSA) is 35.2 Å². The van der Waals surface area contributed by atoms with Gasteiger partial charge in [0.15, 0.2) is 0 Å². The number of hydrogen-bond donors (Lipinski definition) is 1. The van der Waals surface area contributed by atoms with Crippen LogP contribution in [-0.2, 0) is 4.74 Å². The van der Waals surface area contributed by atoms with E-state index in [0.717, 1.165) is 6.42 Å². The van der Waals surface area contributed by atoms with Crippen LogP contribution in [-0.4, -0.2) is 18.2 Å². The zero-order valence-electron chi connectivity index (χ0n) is 8.05. The second-order valence-corrected chi connectivity index (χ2v) is 3.33. The molecule has 0 aliphatic rings. The molecule has 0 saturated heterocycles. The molecule has 2 N–H and O–H groups in total. The van der Waals surface area contributed by atoms with Gasteiger partial charge in [-0.05, 0) is 20.3 Å². The monoisotopic (exact) mass is 169 g/mol. The van der Waals surface area contributed by atoms with Crippen LogP contribution in [0.1, 0.15) is 20.3 Å². The first kappa shape index (κ1) is 11.4. The molecule has 0 radical (unpaired) electrons. The first-order valence-corrected chi connectivity index (χ1v) is 4.16. The lowest BCUT2D eigenvalue weighted by Crippen LogP contribution is -2.45. The summed E-state index contributed by atoms with van der Waals surface area (Å²) in [5.41, 5.74) is 5.57. The van der Waals surface area contributed by atoms with E-state index in [0.29, 0.717) is 6.61 Å². The normalized spacial score (nSPS) is 13.9. The molecule has 0 aromatic carbocycles. The Morgan fingerprint density at radius 3 is 2.42 bits per heavy atom. The van der Waals surface area contributed by atoms with Crippen LogP contribution in [0, 0.1) is 0 Å². The van der Waals surface area contributed by atoms with E-state index in [2.05, 4.69) is 13.2 Å². The summed E-state index contributed by atoms with van der Waals surface area (Å²) in [6.07, 6.45) is 4.30. The maximum absolute atomic E-state index is 5.87. The average molecular weight is 169 g/mol. The third-order valence-corrected chi connectivity index (χ3v) is 1.89. The Morgan fingerprint density at radius 2 is 2.00 bits per heavy atom. The molecular weight excluding hydrogens is 150 g/mol. The summed E-state index contributed by atoms with van der Waals surface area (Å²) in [6, 6.07) is -0.00468. The van der Waals surface area contributed by atoms with Gasteiger partial charge in [-0.3, -0.25) is 0 Å². The molecule has 12 heavy (non-hydrogen) atoms. The minimum atomic E-state index is -0.303. The Balaban J connectivity index is 3.97. The molecule has 0 aliphatic carbocycles. The van der Waals surface area contributed by atoms with Gasteiger partial charge in [0.05, 0.1) is 12.2 Å². The highest BCUT2D eigenvalue weighted by atomic mass is 16.5. The van der Waals surface area contributed by atoms with Crippen molar-refractivity contribution < 1.29 is 4.74 Å². The van der Waals surface area contributed by atoms with E-state index < -0.39 is 0 Å². The summed E-state index contributed by atoms with van der Waals surface area (Å²) < 4.78 is 5.50. The third kappa shape index (κ3) is 3.69. The van der Waals surface area contributed by atoms with E-state index in [1.54, 1.807) is 6.08 Å². The van der Waals surface area contributed by atoms with Gasteiger partial charge >= 0.3 is 0 Å². The summed E-state index contributed by atoms with van der Waals surface area (Å²) in [7, 11) is 0. The molecular formula is C10H19NO. The first-order valence-electron chi connectivity index (χ1n) is 4.16. The SMILES string of the molecule is C=CCOC(C)(C)C(N)CC=C. The molecule has 0 spiro atoms. The minimum Gasteiger partial charge on any atom is -0.370 e. The van der Waals surface area contributed by atoms with Crippen molar-refractivity contribution in [3.05, 3.63) is 25.3 Å². The van der Waals surface area contributed by atoms with E-state index >= 15 is 0 Å². The summed E-state index contributed by atoms with van der Waals surface area (Å²) in [4.78, 5) is 0. The van der Waals surface area contributed by atoms with Crippen LogP contribution in [0.15, 0.2) is 25.3 Å². The Morgan fingerprint density at radius 1 is 1.42 bits per heavy atom. The van der Waals surface area contributed by atoms with E-state index in [9.17, 15) is 0 Å². The molecule has 0 fully saturated rings. The Bertz CT molecular complexity index is 152. The first-order chi connectivity index (χ1) is 5.54. The lowest BCUT2D eigenvalue weighted by molar-refractivity contribution is -0.0198. The largest absolute Gasteiger partial charge is 0.370 e. The van der Waals surface area contributed by atoms with Gasteiger partial charge < -0.3 is 10.5 Å². The molecule has 0 aromatic heterocycles. The molecule has 0 rings (SSSR count). The van der Waals surface area contributed by atoms with Crippen molar-refractivity contribution >= 4 is 0 Å². The highest BCUT2D eigenvalue weighted by Crippen LogP contribution is 2.15. The van der Waals surface area contributed by atoms with Gasteiger partial charge in [0.25, 0.3) is 0 Å². The number of ether oxygens (including phenoxy) is 1. The van der Waals surface area contributed by atoms with Crippen molar-refractivity contribution in [3.63, 3.8) is 0 Å². The van der Waals surface area contributed by atoms with E-state index in [-0.39, 0.29) is 11.6 Å². The Labute approximate surface area is 75.1 Å². The maximum Gasteiger partial charge on any atom is 0.0783 e. The highest BCUT2D eigenvalue weighted by molar-refractivity contribution is 4.89. The Kier molecular flexibility index (Phi) is 4.86. The zero-order chi connectivity index (χ0) is 9.61. The maximum atomic E-state index is 5.87. The molecule has 0 saturated carbocycles. The fraction of sp³-hybridized carbons (Fsp3) is 0.600. The molecule has 0 aromatic rings. The van der Waals surface area contributed by atoms with Gasteiger partial charge in [-0.15, -0.1) is 13.2 Å². The lowest BCUT2D eigenvalue weighted by Gasteiger charge is -2.30. The van der Waals surface area contributed by atoms with Gasteiger partial charge in [-0.25, -0.2) is 0 Å². The van der Waals surface area contributed by atoms with Crippen molar-refractivity contribution in [2.24, 2.45) is 5.73 Å². The quantitative estimate of drug-likeness (QED) is 0.616. The second-order valence-electron chi connectivity index (χ2n) is 3.33. The second kappa shape index (κ2) is 5.12. The fourth-order valence-electron chi connectivity index (χ4n) is 0.844. The zero-order valence-corrected chi connectivity index (χ0v) is 8.05. The highest BCUT2D eigenvalue weighted by Gasteiger charge is 2.25. The smallest absolute Gasteiger partial charge is 0.0783 e. The van der Waals surface area contributed by atoms with Crippen molar-refractivity contribution in [2.45, 2.75) is 31.9 Å². The summed E-state index contributed by atoms with van der Waals surface area (Å²) in [6.45, 7) is 11.7. The molecule has 2 nitrogen and oxygen atoms in total. The predicted octanol–water partition coefficient (Wildman–Crippen LogP) is 1.87. The van der Waals surface area contributed by atoms with Gasteiger partial charge in [0, 0.05) is 6.04 Å². The predicted molar refractivity (Wildman–Crippen MR) is 53.0 cm³/mol. The van der Waals surface area contributed by atoms with Crippen molar-refractivity contribution in [3.8, 4) is 0 Å². The summed E-state index contributed by atoms with van der Waals surface area (Å²) in [5, 5.41) is 0. The van der Waals surface area contributed by atoms with Crippen LogP contribution < -0.4 is 5.73 Å². The summed E-state index contributed by atoms with van der Waals surface area (Å²) >= 11 is 0. The molecule has 1 atom stereocenters. The number of nitrogens with two attached hydrogens (primary N) is 1. The lowest BCUT2D eigenvalue weighted by atomic mass is 9.96. The van der Waals surface area contributed by atoms with Gasteiger partial charge in [0.2, 0.25) is 0 Å².